The lowest BCUT2D eigenvalue weighted by atomic mass is 10.1. The molecule has 0 spiro atoms. The number of nitrogens with zero attached hydrogens (tertiary/aromatic N) is 2. The highest BCUT2D eigenvalue weighted by molar-refractivity contribution is 7.16. The number of halogens is 1. The van der Waals surface area contributed by atoms with E-state index < -0.39 is 11.9 Å². The molecule has 150 valence electrons. The maximum atomic E-state index is 12.7. The van der Waals surface area contributed by atoms with Gasteiger partial charge in [-0.25, -0.2) is 0 Å². The Kier molecular flexibility index (Phi) is 6.30. The van der Waals surface area contributed by atoms with Crippen molar-refractivity contribution in [2.24, 2.45) is 4.99 Å². The van der Waals surface area contributed by atoms with Crippen molar-refractivity contribution >= 4 is 50.8 Å². The van der Waals surface area contributed by atoms with Crippen LogP contribution in [0.3, 0.4) is 0 Å². The molecule has 0 unspecified atom stereocenters. The van der Waals surface area contributed by atoms with Crippen LogP contribution in [-0.4, -0.2) is 28.8 Å². The number of rotatable bonds is 5. The fourth-order valence-corrected chi connectivity index (χ4v) is 4.12. The Morgan fingerprint density at radius 2 is 1.76 bits per heavy atom. The topological polar surface area (TPSA) is 77.7 Å². The summed E-state index contributed by atoms with van der Waals surface area (Å²) in [5.74, 6) is -0.968. The van der Waals surface area contributed by atoms with Crippen molar-refractivity contribution in [2.75, 3.05) is 6.61 Å². The lowest BCUT2D eigenvalue weighted by Crippen LogP contribution is -2.23. The van der Waals surface area contributed by atoms with Crippen LogP contribution in [0.1, 0.15) is 40.1 Å². The highest BCUT2D eigenvalue weighted by Gasteiger charge is 2.16. The minimum atomic E-state index is -0.465. The summed E-state index contributed by atoms with van der Waals surface area (Å²) in [5, 5.41) is 0.561. The van der Waals surface area contributed by atoms with Crippen molar-refractivity contribution in [3.63, 3.8) is 0 Å². The van der Waals surface area contributed by atoms with Gasteiger partial charge in [-0.2, -0.15) is 4.99 Å². The zero-order valence-electron chi connectivity index (χ0n) is 16.2. The van der Waals surface area contributed by atoms with E-state index in [1.54, 1.807) is 41.8 Å². The van der Waals surface area contributed by atoms with Crippen LogP contribution in [0.2, 0.25) is 5.02 Å². The fourth-order valence-electron chi connectivity index (χ4n) is 2.88. The van der Waals surface area contributed by atoms with Gasteiger partial charge in [-0.3, -0.25) is 14.4 Å². The van der Waals surface area contributed by atoms with Gasteiger partial charge in [-0.15, -0.1) is 0 Å². The van der Waals surface area contributed by atoms with E-state index in [4.69, 9.17) is 16.3 Å². The third kappa shape index (κ3) is 4.46. The minimum Gasteiger partial charge on any atom is -0.465 e. The predicted molar refractivity (Wildman–Crippen MR) is 113 cm³/mol. The van der Waals surface area contributed by atoms with Gasteiger partial charge in [0.1, 0.15) is 6.54 Å². The second-order valence-electron chi connectivity index (χ2n) is 6.35. The summed E-state index contributed by atoms with van der Waals surface area (Å²) < 4.78 is 7.58. The summed E-state index contributed by atoms with van der Waals surface area (Å²) in [4.78, 5) is 40.8. The third-order valence-corrected chi connectivity index (χ3v) is 5.81. The lowest BCUT2D eigenvalue weighted by Gasteiger charge is -2.08. The zero-order chi connectivity index (χ0) is 21.1. The number of hydrogen-bond acceptors (Lipinski definition) is 5. The van der Waals surface area contributed by atoms with Crippen LogP contribution in [0.15, 0.2) is 41.4 Å². The van der Waals surface area contributed by atoms with Gasteiger partial charge >= 0.3 is 5.97 Å². The molecule has 1 heterocycles. The van der Waals surface area contributed by atoms with Gasteiger partial charge in [0.05, 0.1) is 16.8 Å². The molecule has 0 aliphatic rings. The number of carbonyl (C=O) groups excluding carboxylic acids is 3. The molecular formula is C21H19ClN2O4S. The molecule has 0 saturated carbocycles. The molecule has 3 aromatic rings. The smallest absolute Gasteiger partial charge is 0.326 e. The molecule has 8 heteroatoms. The van der Waals surface area contributed by atoms with Crippen LogP contribution >= 0.6 is 22.9 Å². The van der Waals surface area contributed by atoms with E-state index in [1.807, 2.05) is 13.0 Å². The zero-order valence-corrected chi connectivity index (χ0v) is 17.8. The number of aryl methyl sites for hydroxylation is 1. The summed E-state index contributed by atoms with van der Waals surface area (Å²) in [5.41, 5.74) is 2.41. The number of ether oxygens (including phenoxy) is 1. The molecule has 1 aromatic heterocycles. The van der Waals surface area contributed by atoms with Gasteiger partial charge in [0.25, 0.3) is 5.91 Å². The number of carbonyl (C=O) groups is 3. The predicted octanol–water partition coefficient (Wildman–Crippen LogP) is 4.17. The van der Waals surface area contributed by atoms with Gasteiger partial charge in [-0.05, 0) is 50.6 Å². The second kappa shape index (κ2) is 8.71. The highest BCUT2D eigenvalue weighted by atomic mass is 35.5. The number of fused-ring (bicyclic) bond motifs is 1. The summed E-state index contributed by atoms with van der Waals surface area (Å²) in [6.45, 7) is 5.23. The lowest BCUT2D eigenvalue weighted by molar-refractivity contribution is -0.143. The van der Waals surface area contributed by atoms with Gasteiger partial charge in [-0.1, -0.05) is 35.1 Å². The van der Waals surface area contributed by atoms with Gasteiger partial charge in [0, 0.05) is 16.1 Å². The molecule has 2 aromatic carbocycles. The van der Waals surface area contributed by atoms with E-state index >= 15 is 0 Å². The van der Waals surface area contributed by atoms with Gasteiger partial charge in [0.2, 0.25) is 0 Å². The Morgan fingerprint density at radius 1 is 1.10 bits per heavy atom. The number of hydrogen-bond donors (Lipinski definition) is 0. The number of esters is 1. The summed E-state index contributed by atoms with van der Waals surface area (Å²) >= 11 is 7.55. The largest absolute Gasteiger partial charge is 0.465 e. The monoisotopic (exact) mass is 430 g/mol. The normalized spacial score (nSPS) is 11.7. The van der Waals surface area contributed by atoms with Crippen LogP contribution in [0.5, 0.6) is 0 Å². The van der Waals surface area contributed by atoms with Crippen molar-refractivity contribution in [1.29, 1.82) is 0 Å². The van der Waals surface area contributed by atoms with Crippen molar-refractivity contribution in [3.8, 4) is 0 Å². The Bertz CT molecular complexity index is 1180. The van der Waals surface area contributed by atoms with Crippen molar-refractivity contribution in [2.45, 2.75) is 27.3 Å². The molecule has 0 atom stereocenters. The molecule has 0 fully saturated rings. The van der Waals surface area contributed by atoms with Crippen LogP contribution in [-0.2, 0) is 16.1 Å². The first-order valence-corrected chi connectivity index (χ1v) is 10.2. The summed E-state index contributed by atoms with van der Waals surface area (Å²) in [6, 6.07) is 9.92. The van der Waals surface area contributed by atoms with Gasteiger partial charge < -0.3 is 9.30 Å². The van der Waals surface area contributed by atoms with Crippen molar-refractivity contribution in [1.82, 2.24) is 4.57 Å². The van der Waals surface area contributed by atoms with E-state index in [9.17, 15) is 14.4 Å². The third-order valence-electron chi connectivity index (χ3n) is 4.36. The minimum absolute atomic E-state index is 0.0786. The molecule has 0 bridgehead atoms. The average Bonchev–Trinajstić information content (AvgIpc) is 3.02. The molecule has 3 rings (SSSR count). The molecule has 0 saturated heterocycles. The van der Waals surface area contributed by atoms with Crippen molar-refractivity contribution in [3.05, 3.63) is 62.9 Å². The van der Waals surface area contributed by atoms with E-state index in [2.05, 4.69) is 4.99 Å². The molecule has 0 radical (unpaired) electrons. The maximum absolute atomic E-state index is 12.7. The number of ketones is 1. The Labute approximate surface area is 176 Å². The van der Waals surface area contributed by atoms with E-state index in [1.165, 1.54) is 18.3 Å². The number of thiazole rings is 1. The van der Waals surface area contributed by atoms with E-state index in [-0.39, 0.29) is 18.9 Å². The molecule has 0 aliphatic heterocycles. The van der Waals surface area contributed by atoms with Gasteiger partial charge in [0.15, 0.2) is 10.6 Å². The SMILES string of the molecule is CCOC(=O)Cn1c(=NC(=O)c2ccc(C(C)=O)cc2)sc2ccc(Cl)c(C)c21. The summed E-state index contributed by atoms with van der Waals surface area (Å²) in [6.07, 6.45) is 0. The first-order chi connectivity index (χ1) is 13.8. The number of aromatic nitrogens is 1. The van der Waals surface area contributed by atoms with E-state index in [0.29, 0.717) is 21.0 Å². The quantitative estimate of drug-likeness (QED) is 0.449. The Morgan fingerprint density at radius 3 is 2.38 bits per heavy atom. The summed E-state index contributed by atoms with van der Waals surface area (Å²) in [7, 11) is 0. The van der Waals surface area contributed by atoms with Crippen LogP contribution in [0.25, 0.3) is 10.2 Å². The standard InChI is InChI=1S/C21H19ClN2O4S/c1-4-28-18(26)11-24-19-12(2)16(22)9-10-17(19)29-21(24)23-20(27)15-7-5-14(6-8-15)13(3)25/h5-10H,4,11H2,1-3H3. The average molecular weight is 431 g/mol. The fraction of sp³-hybridized carbons (Fsp3) is 0.238. The van der Waals surface area contributed by atoms with Crippen LogP contribution in [0, 0.1) is 6.92 Å². The van der Waals surface area contributed by atoms with E-state index in [0.717, 1.165) is 15.8 Å². The second-order valence-corrected chi connectivity index (χ2v) is 7.76. The Hall–Kier alpha value is -2.77. The molecule has 0 N–H and O–H groups in total. The molecule has 1 amide bonds. The number of benzene rings is 2. The maximum Gasteiger partial charge on any atom is 0.326 e. The number of amides is 1. The molecule has 0 aliphatic carbocycles. The molecular weight excluding hydrogens is 412 g/mol. The van der Waals surface area contributed by atoms with Crippen LogP contribution < -0.4 is 4.80 Å². The molecule has 6 nitrogen and oxygen atoms in total. The first kappa shape index (κ1) is 21.0. The molecule has 29 heavy (non-hydrogen) atoms. The number of Topliss-reactive ketones (excluding diaryl/α,β-unsaturated/α-hetero) is 1. The van der Waals surface area contributed by atoms with Crippen molar-refractivity contribution < 1.29 is 19.1 Å². The highest BCUT2D eigenvalue weighted by Crippen LogP contribution is 2.27. The Balaban J connectivity index is 2.11. The van der Waals surface area contributed by atoms with Crippen LogP contribution in [0.4, 0.5) is 0 Å². The first-order valence-electron chi connectivity index (χ1n) is 8.96.